The molecule has 0 amide bonds. The summed E-state index contributed by atoms with van der Waals surface area (Å²) >= 11 is 1.49. The van der Waals surface area contributed by atoms with Crippen molar-refractivity contribution < 1.29 is 17.9 Å². The van der Waals surface area contributed by atoms with Crippen molar-refractivity contribution >= 4 is 22.6 Å². The van der Waals surface area contributed by atoms with E-state index in [1.165, 1.54) is 30.0 Å². The van der Waals surface area contributed by atoms with Crippen molar-refractivity contribution in [1.82, 2.24) is 0 Å². The third kappa shape index (κ3) is 3.83. The van der Waals surface area contributed by atoms with E-state index in [0.29, 0.717) is 11.7 Å². The largest absolute Gasteiger partial charge is 0.573 e. The second-order valence-corrected chi connectivity index (χ2v) is 4.64. The Labute approximate surface area is 106 Å². The molecule has 18 heavy (non-hydrogen) atoms. The molecule has 0 unspecified atom stereocenters. The van der Waals surface area contributed by atoms with Gasteiger partial charge in [0.05, 0.1) is 5.69 Å². The molecular weight excluding hydrogens is 265 g/mol. The molecule has 0 radical (unpaired) electrons. The second-order valence-electron chi connectivity index (χ2n) is 3.56. The van der Waals surface area contributed by atoms with Crippen LogP contribution in [0.1, 0.15) is 6.42 Å². The van der Waals surface area contributed by atoms with Crippen LogP contribution in [0.2, 0.25) is 0 Å². The van der Waals surface area contributed by atoms with Crippen LogP contribution >= 0.6 is 11.8 Å². The van der Waals surface area contributed by atoms with Gasteiger partial charge >= 0.3 is 6.36 Å². The molecule has 7 heteroatoms. The Hall–Kier alpha value is -1.37. The van der Waals surface area contributed by atoms with Crippen LogP contribution in [-0.4, -0.2) is 23.8 Å². The highest BCUT2D eigenvalue weighted by Gasteiger charge is 2.32. The maximum Gasteiger partial charge on any atom is 0.573 e. The lowest BCUT2D eigenvalue weighted by molar-refractivity contribution is -0.274. The smallest absolute Gasteiger partial charge is 0.404 e. The molecule has 0 aliphatic carbocycles. The molecular formula is C11H11F3N2OS. The molecule has 0 fully saturated rings. The van der Waals surface area contributed by atoms with E-state index in [1.54, 1.807) is 6.07 Å². The molecule has 0 bridgehead atoms. The predicted octanol–water partition coefficient (Wildman–Crippen LogP) is 3.49. The van der Waals surface area contributed by atoms with Gasteiger partial charge in [0.15, 0.2) is 10.9 Å². The van der Waals surface area contributed by atoms with Gasteiger partial charge in [-0.3, -0.25) is 4.99 Å². The topological polar surface area (TPSA) is 33.6 Å². The molecule has 1 aromatic rings. The lowest BCUT2D eigenvalue weighted by atomic mass is 10.3. The van der Waals surface area contributed by atoms with E-state index in [-0.39, 0.29) is 11.4 Å². The van der Waals surface area contributed by atoms with Crippen molar-refractivity contribution in [3.05, 3.63) is 24.3 Å². The molecule has 0 atom stereocenters. The van der Waals surface area contributed by atoms with Gasteiger partial charge in [-0.05, 0) is 18.6 Å². The predicted molar refractivity (Wildman–Crippen MR) is 66.1 cm³/mol. The minimum absolute atomic E-state index is 0.251. The maximum absolute atomic E-state index is 12.2. The van der Waals surface area contributed by atoms with E-state index >= 15 is 0 Å². The first kappa shape index (κ1) is 13.1. The van der Waals surface area contributed by atoms with E-state index in [2.05, 4.69) is 15.0 Å². The summed E-state index contributed by atoms with van der Waals surface area (Å²) in [7, 11) is 0. The molecule has 0 saturated heterocycles. The zero-order chi connectivity index (χ0) is 13.0. The molecule has 0 aromatic heterocycles. The Morgan fingerprint density at radius 1 is 1.28 bits per heavy atom. The SMILES string of the molecule is FC(F)(F)Oc1ccccc1NC1=NCCCS1. The molecule has 1 N–H and O–H groups in total. The quantitative estimate of drug-likeness (QED) is 0.897. The number of aliphatic imine (C=N–C) groups is 1. The van der Waals surface area contributed by atoms with Crippen LogP contribution in [0, 0.1) is 0 Å². The minimum atomic E-state index is -4.70. The molecule has 1 heterocycles. The number of ether oxygens (including phenoxy) is 1. The Balaban J connectivity index is 2.14. The fraction of sp³-hybridized carbons (Fsp3) is 0.364. The van der Waals surface area contributed by atoms with Gasteiger partial charge in [0.2, 0.25) is 0 Å². The summed E-state index contributed by atoms with van der Waals surface area (Å²) in [6, 6.07) is 5.92. The van der Waals surface area contributed by atoms with Crippen LogP contribution in [0.3, 0.4) is 0 Å². The Bertz CT molecular complexity index is 448. The molecule has 1 aliphatic rings. The van der Waals surface area contributed by atoms with Crippen LogP contribution < -0.4 is 10.1 Å². The first-order valence-corrected chi connectivity index (χ1v) is 6.32. The Kier molecular flexibility index (Phi) is 4.00. The normalized spacial score (nSPS) is 16.1. The summed E-state index contributed by atoms with van der Waals surface area (Å²) in [4.78, 5) is 4.19. The monoisotopic (exact) mass is 276 g/mol. The summed E-state index contributed by atoms with van der Waals surface area (Å²) in [5.74, 6) is 0.660. The van der Waals surface area contributed by atoms with Gasteiger partial charge < -0.3 is 10.1 Å². The number of amidine groups is 1. The van der Waals surface area contributed by atoms with Gasteiger partial charge in [0, 0.05) is 12.3 Å². The van der Waals surface area contributed by atoms with Crippen LogP contribution in [0.15, 0.2) is 29.3 Å². The Morgan fingerprint density at radius 2 is 2.06 bits per heavy atom. The average Bonchev–Trinajstić information content (AvgIpc) is 2.31. The number of hydrogen-bond acceptors (Lipinski definition) is 4. The molecule has 1 aliphatic heterocycles. The van der Waals surface area contributed by atoms with Gasteiger partial charge in [0.1, 0.15) is 0 Å². The fourth-order valence-corrected chi connectivity index (χ4v) is 2.27. The first-order chi connectivity index (χ1) is 8.54. The molecule has 3 nitrogen and oxygen atoms in total. The summed E-state index contributed by atoms with van der Waals surface area (Å²) < 4.78 is 40.6. The number of anilines is 1. The number of benzene rings is 1. The number of nitrogens with zero attached hydrogens (tertiary/aromatic N) is 1. The third-order valence-corrected chi connectivity index (χ3v) is 3.15. The zero-order valence-electron chi connectivity index (χ0n) is 9.33. The van der Waals surface area contributed by atoms with Crippen molar-refractivity contribution in [3.63, 3.8) is 0 Å². The third-order valence-electron chi connectivity index (χ3n) is 2.15. The number of alkyl halides is 3. The highest BCUT2D eigenvalue weighted by atomic mass is 32.2. The second kappa shape index (κ2) is 5.51. The lowest BCUT2D eigenvalue weighted by Crippen LogP contribution is -2.19. The van der Waals surface area contributed by atoms with Gasteiger partial charge in [-0.25, -0.2) is 0 Å². The maximum atomic E-state index is 12.2. The Morgan fingerprint density at radius 3 is 2.72 bits per heavy atom. The van der Waals surface area contributed by atoms with E-state index in [1.807, 2.05) is 0 Å². The molecule has 0 spiro atoms. The van der Waals surface area contributed by atoms with Gasteiger partial charge in [-0.15, -0.1) is 13.2 Å². The van der Waals surface area contributed by atoms with Crippen molar-refractivity contribution in [2.75, 3.05) is 17.6 Å². The van der Waals surface area contributed by atoms with E-state index in [0.717, 1.165) is 12.2 Å². The van der Waals surface area contributed by atoms with Crippen LogP contribution in [0.5, 0.6) is 5.75 Å². The summed E-state index contributed by atoms with van der Waals surface area (Å²) in [5.41, 5.74) is 0.267. The highest BCUT2D eigenvalue weighted by molar-refractivity contribution is 8.14. The van der Waals surface area contributed by atoms with E-state index in [4.69, 9.17) is 0 Å². The van der Waals surface area contributed by atoms with Crippen molar-refractivity contribution in [2.24, 2.45) is 4.99 Å². The molecule has 1 aromatic carbocycles. The highest BCUT2D eigenvalue weighted by Crippen LogP contribution is 2.30. The van der Waals surface area contributed by atoms with Crippen molar-refractivity contribution in [2.45, 2.75) is 12.8 Å². The number of halogens is 3. The van der Waals surface area contributed by atoms with Gasteiger partial charge in [-0.1, -0.05) is 23.9 Å². The summed E-state index contributed by atoms with van der Waals surface area (Å²) in [5, 5.41) is 3.48. The van der Waals surface area contributed by atoms with Gasteiger partial charge in [-0.2, -0.15) is 0 Å². The summed E-state index contributed by atoms with van der Waals surface area (Å²) in [6.45, 7) is 0.692. The summed E-state index contributed by atoms with van der Waals surface area (Å²) in [6.07, 6.45) is -3.71. The van der Waals surface area contributed by atoms with E-state index < -0.39 is 6.36 Å². The van der Waals surface area contributed by atoms with Crippen LogP contribution in [0.25, 0.3) is 0 Å². The number of rotatable bonds is 2. The number of thioether (sulfide) groups is 1. The molecule has 2 rings (SSSR count). The molecule has 0 saturated carbocycles. The van der Waals surface area contributed by atoms with Crippen LogP contribution in [0.4, 0.5) is 18.9 Å². The number of para-hydroxylation sites is 2. The number of nitrogens with one attached hydrogen (secondary N) is 1. The average molecular weight is 276 g/mol. The van der Waals surface area contributed by atoms with Crippen LogP contribution in [-0.2, 0) is 0 Å². The zero-order valence-corrected chi connectivity index (χ0v) is 10.1. The standard InChI is InChI=1S/C11H11F3N2OS/c12-11(13,14)17-9-5-2-1-4-8(9)16-10-15-6-3-7-18-10/h1-2,4-5H,3,6-7H2,(H,15,16). The lowest BCUT2D eigenvalue weighted by Gasteiger charge is -2.17. The molecule has 98 valence electrons. The first-order valence-electron chi connectivity index (χ1n) is 5.34. The van der Waals surface area contributed by atoms with Crippen molar-refractivity contribution in [3.8, 4) is 5.75 Å². The fourth-order valence-electron chi connectivity index (χ4n) is 1.43. The van der Waals surface area contributed by atoms with Gasteiger partial charge in [0.25, 0.3) is 0 Å². The van der Waals surface area contributed by atoms with Crippen molar-refractivity contribution in [1.29, 1.82) is 0 Å². The van der Waals surface area contributed by atoms with E-state index in [9.17, 15) is 13.2 Å². The number of hydrogen-bond donors (Lipinski definition) is 1. The minimum Gasteiger partial charge on any atom is -0.404 e.